The van der Waals surface area contributed by atoms with Gasteiger partial charge in [0.05, 0.1) is 0 Å². The first-order chi connectivity index (χ1) is 9.69. The number of nitrogens with one attached hydrogen (secondary N) is 1. The van der Waals surface area contributed by atoms with Gasteiger partial charge in [0, 0.05) is 16.9 Å². The molecule has 110 valence electrons. The predicted molar refractivity (Wildman–Crippen MR) is 85.4 cm³/mol. The average molecular weight is 339 g/mol. The van der Waals surface area contributed by atoms with Crippen LogP contribution < -0.4 is 11.1 Å². The number of halogens is 1. The minimum atomic E-state index is 0.195. The molecule has 1 aliphatic rings. The van der Waals surface area contributed by atoms with Crippen LogP contribution in [-0.4, -0.2) is 19.0 Å². The molecular formula is C16H23BrN2O. The van der Waals surface area contributed by atoms with Gasteiger partial charge in [-0.3, -0.25) is 4.79 Å². The molecule has 1 aromatic carbocycles. The summed E-state index contributed by atoms with van der Waals surface area (Å²) in [5, 5.41) is 3.07. The fourth-order valence-electron chi connectivity index (χ4n) is 2.83. The van der Waals surface area contributed by atoms with Gasteiger partial charge in [-0.1, -0.05) is 28.1 Å². The summed E-state index contributed by atoms with van der Waals surface area (Å²) in [6.45, 7) is 1.48. The molecule has 4 heteroatoms. The Bertz CT molecular complexity index is 442. The molecule has 3 nitrogen and oxygen atoms in total. The Morgan fingerprint density at radius 3 is 2.70 bits per heavy atom. The van der Waals surface area contributed by atoms with Crippen molar-refractivity contribution in [2.75, 3.05) is 13.1 Å². The molecule has 1 fully saturated rings. The van der Waals surface area contributed by atoms with E-state index < -0.39 is 0 Å². The summed E-state index contributed by atoms with van der Waals surface area (Å²) in [6, 6.07) is 8.22. The second kappa shape index (κ2) is 7.79. The minimum absolute atomic E-state index is 0.195. The smallest absolute Gasteiger partial charge is 0.223 e. The van der Waals surface area contributed by atoms with Crippen molar-refractivity contribution in [1.82, 2.24) is 5.32 Å². The predicted octanol–water partition coefficient (Wildman–Crippen LogP) is 2.87. The summed E-state index contributed by atoms with van der Waals surface area (Å²) in [5.41, 5.74) is 6.92. The molecule has 0 radical (unpaired) electrons. The van der Waals surface area contributed by atoms with Crippen molar-refractivity contribution in [2.24, 2.45) is 17.6 Å². The quantitative estimate of drug-likeness (QED) is 0.867. The number of amides is 1. The fourth-order valence-corrected chi connectivity index (χ4v) is 3.27. The molecule has 2 rings (SSSR count). The van der Waals surface area contributed by atoms with Gasteiger partial charge in [0.1, 0.15) is 0 Å². The Morgan fingerprint density at radius 2 is 2.05 bits per heavy atom. The van der Waals surface area contributed by atoms with E-state index in [1.807, 2.05) is 12.1 Å². The molecule has 0 unspecified atom stereocenters. The van der Waals surface area contributed by atoms with Crippen LogP contribution in [0.25, 0.3) is 0 Å². The Labute approximate surface area is 129 Å². The van der Waals surface area contributed by atoms with Crippen molar-refractivity contribution < 1.29 is 4.79 Å². The van der Waals surface area contributed by atoms with Crippen LogP contribution in [0.15, 0.2) is 28.7 Å². The highest BCUT2D eigenvalue weighted by Crippen LogP contribution is 2.28. The zero-order valence-corrected chi connectivity index (χ0v) is 13.4. The van der Waals surface area contributed by atoms with E-state index in [1.54, 1.807) is 0 Å². The van der Waals surface area contributed by atoms with Gasteiger partial charge in [0.15, 0.2) is 0 Å². The van der Waals surface area contributed by atoms with Crippen molar-refractivity contribution in [2.45, 2.75) is 32.1 Å². The van der Waals surface area contributed by atoms with Gasteiger partial charge >= 0.3 is 0 Å². The zero-order valence-electron chi connectivity index (χ0n) is 11.8. The van der Waals surface area contributed by atoms with E-state index in [9.17, 15) is 4.79 Å². The molecule has 0 aliphatic heterocycles. The molecule has 1 saturated carbocycles. The van der Waals surface area contributed by atoms with E-state index >= 15 is 0 Å². The van der Waals surface area contributed by atoms with Crippen molar-refractivity contribution >= 4 is 21.8 Å². The highest BCUT2D eigenvalue weighted by atomic mass is 79.9. The van der Waals surface area contributed by atoms with Crippen LogP contribution in [0.5, 0.6) is 0 Å². The number of carbonyl (C=O) groups excluding carboxylic acids is 1. The summed E-state index contributed by atoms with van der Waals surface area (Å²) in [7, 11) is 0. The molecule has 3 N–H and O–H groups in total. The monoisotopic (exact) mass is 338 g/mol. The van der Waals surface area contributed by atoms with Gasteiger partial charge in [-0.05, 0) is 62.3 Å². The summed E-state index contributed by atoms with van der Waals surface area (Å²) >= 11 is 3.46. The molecule has 0 atom stereocenters. The second-order valence-electron chi connectivity index (χ2n) is 5.62. The lowest BCUT2D eigenvalue weighted by atomic mass is 9.81. The highest BCUT2D eigenvalue weighted by Gasteiger charge is 2.25. The van der Waals surface area contributed by atoms with E-state index in [2.05, 4.69) is 33.4 Å². The highest BCUT2D eigenvalue weighted by molar-refractivity contribution is 9.10. The van der Waals surface area contributed by atoms with Crippen LogP contribution in [0.3, 0.4) is 0 Å². The third-order valence-corrected chi connectivity index (χ3v) is 4.65. The number of carbonyl (C=O) groups is 1. The first-order valence-corrected chi connectivity index (χ1v) is 8.20. The molecule has 0 saturated heterocycles. The van der Waals surface area contributed by atoms with Crippen molar-refractivity contribution in [3.05, 3.63) is 34.3 Å². The molecule has 0 spiro atoms. The summed E-state index contributed by atoms with van der Waals surface area (Å²) in [6.07, 6.45) is 5.05. The van der Waals surface area contributed by atoms with E-state index in [1.165, 1.54) is 5.56 Å². The Hall–Kier alpha value is -0.870. The van der Waals surface area contributed by atoms with Crippen LogP contribution in [-0.2, 0) is 11.2 Å². The summed E-state index contributed by atoms with van der Waals surface area (Å²) in [4.78, 5) is 12.1. The third-order valence-electron chi connectivity index (χ3n) is 4.15. The van der Waals surface area contributed by atoms with Gasteiger partial charge in [0.2, 0.25) is 5.91 Å². The number of nitrogens with two attached hydrogens (primary N) is 1. The van der Waals surface area contributed by atoms with E-state index in [0.29, 0.717) is 12.5 Å². The van der Waals surface area contributed by atoms with Crippen LogP contribution >= 0.6 is 15.9 Å². The minimum Gasteiger partial charge on any atom is -0.356 e. The van der Waals surface area contributed by atoms with Crippen LogP contribution in [0.4, 0.5) is 0 Å². The van der Waals surface area contributed by atoms with E-state index in [4.69, 9.17) is 5.73 Å². The Morgan fingerprint density at radius 1 is 1.30 bits per heavy atom. The Balaban J connectivity index is 1.70. The Kier molecular flexibility index (Phi) is 6.05. The van der Waals surface area contributed by atoms with Crippen molar-refractivity contribution in [1.29, 1.82) is 0 Å². The number of hydrogen-bond donors (Lipinski definition) is 2. The fraction of sp³-hybridized carbons (Fsp3) is 0.562. The number of hydrogen-bond acceptors (Lipinski definition) is 2. The molecule has 1 aromatic rings. The second-order valence-corrected chi connectivity index (χ2v) is 6.54. The zero-order chi connectivity index (χ0) is 14.4. The van der Waals surface area contributed by atoms with Crippen molar-refractivity contribution in [3.63, 3.8) is 0 Å². The molecule has 0 bridgehead atoms. The first-order valence-electron chi connectivity index (χ1n) is 7.41. The molecule has 1 aliphatic carbocycles. The standard InChI is InChI=1S/C16H23BrN2O/c17-15-3-1-2-12(10-15)8-9-19-16(20)14-6-4-13(11-18)5-7-14/h1-3,10,13-14H,4-9,11,18H2,(H,19,20). The maximum absolute atomic E-state index is 12.1. The van der Waals surface area contributed by atoms with Crippen LogP contribution in [0, 0.1) is 11.8 Å². The molecule has 20 heavy (non-hydrogen) atoms. The topological polar surface area (TPSA) is 55.1 Å². The lowest BCUT2D eigenvalue weighted by Gasteiger charge is -2.26. The normalized spacial score (nSPS) is 22.5. The molecule has 0 heterocycles. The number of rotatable bonds is 5. The summed E-state index contributed by atoms with van der Waals surface area (Å²) < 4.78 is 1.08. The van der Waals surface area contributed by atoms with E-state index in [-0.39, 0.29) is 11.8 Å². The number of benzene rings is 1. The van der Waals surface area contributed by atoms with Gasteiger partial charge in [-0.25, -0.2) is 0 Å². The van der Waals surface area contributed by atoms with Crippen molar-refractivity contribution in [3.8, 4) is 0 Å². The third kappa shape index (κ3) is 4.60. The van der Waals surface area contributed by atoms with Gasteiger partial charge < -0.3 is 11.1 Å². The molecule has 0 aromatic heterocycles. The molecular weight excluding hydrogens is 316 g/mol. The largest absolute Gasteiger partial charge is 0.356 e. The van der Waals surface area contributed by atoms with Crippen LogP contribution in [0.1, 0.15) is 31.2 Å². The lowest BCUT2D eigenvalue weighted by Crippen LogP contribution is -2.35. The van der Waals surface area contributed by atoms with Gasteiger partial charge in [-0.2, -0.15) is 0 Å². The average Bonchev–Trinajstić information content (AvgIpc) is 2.47. The maximum atomic E-state index is 12.1. The SMILES string of the molecule is NCC1CCC(C(=O)NCCc2cccc(Br)c2)CC1. The van der Waals surface area contributed by atoms with Gasteiger partial charge in [-0.15, -0.1) is 0 Å². The van der Waals surface area contributed by atoms with Crippen LogP contribution in [0.2, 0.25) is 0 Å². The lowest BCUT2D eigenvalue weighted by molar-refractivity contribution is -0.126. The van der Waals surface area contributed by atoms with Gasteiger partial charge in [0.25, 0.3) is 0 Å². The maximum Gasteiger partial charge on any atom is 0.223 e. The molecule has 1 amide bonds. The van der Waals surface area contributed by atoms with E-state index in [0.717, 1.165) is 43.1 Å². The first kappa shape index (κ1) is 15.5. The summed E-state index contributed by atoms with van der Waals surface area (Å²) in [5.74, 6) is 1.04.